The SMILES string of the molecule is CCOc1ccc(NC(=S)NC2CCCCC2)cn1. The van der Waals surface area contributed by atoms with Gasteiger partial charge in [-0.15, -0.1) is 0 Å². The molecule has 104 valence electrons. The fraction of sp³-hybridized carbons (Fsp3) is 0.571. The summed E-state index contributed by atoms with van der Waals surface area (Å²) >= 11 is 5.32. The van der Waals surface area contributed by atoms with Crippen LogP contribution in [0.15, 0.2) is 18.3 Å². The van der Waals surface area contributed by atoms with E-state index in [2.05, 4.69) is 15.6 Å². The Bertz CT molecular complexity index is 402. The fourth-order valence-corrected chi connectivity index (χ4v) is 2.57. The van der Waals surface area contributed by atoms with Crippen molar-refractivity contribution < 1.29 is 4.74 Å². The molecule has 19 heavy (non-hydrogen) atoms. The zero-order chi connectivity index (χ0) is 13.5. The molecular weight excluding hydrogens is 258 g/mol. The molecule has 0 atom stereocenters. The van der Waals surface area contributed by atoms with Gasteiger partial charge in [0.2, 0.25) is 5.88 Å². The van der Waals surface area contributed by atoms with Crippen LogP contribution in [0.25, 0.3) is 0 Å². The summed E-state index contributed by atoms with van der Waals surface area (Å²) in [5.41, 5.74) is 0.886. The van der Waals surface area contributed by atoms with Gasteiger partial charge in [-0.25, -0.2) is 4.98 Å². The molecule has 1 aliphatic carbocycles. The maximum atomic E-state index is 5.32. The summed E-state index contributed by atoms with van der Waals surface area (Å²) in [7, 11) is 0. The normalized spacial score (nSPS) is 15.8. The van der Waals surface area contributed by atoms with Crippen molar-refractivity contribution in [3.63, 3.8) is 0 Å². The van der Waals surface area contributed by atoms with E-state index in [-0.39, 0.29) is 0 Å². The summed E-state index contributed by atoms with van der Waals surface area (Å²) in [6, 6.07) is 4.28. The highest BCUT2D eigenvalue weighted by molar-refractivity contribution is 7.80. The van der Waals surface area contributed by atoms with Crippen LogP contribution in [0.4, 0.5) is 5.69 Å². The summed E-state index contributed by atoms with van der Waals surface area (Å²) in [5, 5.41) is 7.21. The molecule has 1 saturated carbocycles. The smallest absolute Gasteiger partial charge is 0.213 e. The molecule has 0 unspecified atom stereocenters. The molecule has 4 nitrogen and oxygen atoms in total. The van der Waals surface area contributed by atoms with Gasteiger partial charge in [0.25, 0.3) is 0 Å². The molecule has 1 aliphatic rings. The van der Waals surface area contributed by atoms with E-state index in [9.17, 15) is 0 Å². The molecule has 0 amide bonds. The van der Waals surface area contributed by atoms with Gasteiger partial charge >= 0.3 is 0 Å². The molecular formula is C14H21N3OS. The van der Waals surface area contributed by atoms with Crippen molar-refractivity contribution in [3.8, 4) is 5.88 Å². The van der Waals surface area contributed by atoms with Gasteiger partial charge in [-0.05, 0) is 38.0 Å². The van der Waals surface area contributed by atoms with Crippen LogP contribution in [-0.4, -0.2) is 22.7 Å². The quantitative estimate of drug-likeness (QED) is 0.829. The van der Waals surface area contributed by atoms with Crippen LogP contribution in [0, 0.1) is 0 Å². The lowest BCUT2D eigenvalue weighted by molar-refractivity contribution is 0.327. The third-order valence-electron chi connectivity index (χ3n) is 3.23. The lowest BCUT2D eigenvalue weighted by Gasteiger charge is -2.24. The summed E-state index contributed by atoms with van der Waals surface area (Å²) < 4.78 is 5.30. The van der Waals surface area contributed by atoms with Gasteiger partial charge in [-0.3, -0.25) is 0 Å². The van der Waals surface area contributed by atoms with Crippen molar-refractivity contribution in [3.05, 3.63) is 18.3 Å². The van der Waals surface area contributed by atoms with E-state index in [4.69, 9.17) is 17.0 Å². The predicted molar refractivity (Wildman–Crippen MR) is 81.6 cm³/mol. The first kappa shape index (κ1) is 14.1. The topological polar surface area (TPSA) is 46.2 Å². The van der Waals surface area contributed by atoms with E-state index < -0.39 is 0 Å². The van der Waals surface area contributed by atoms with Crippen LogP contribution in [0.2, 0.25) is 0 Å². The number of thiocarbonyl (C=S) groups is 1. The van der Waals surface area contributed by atoms with E-state index in [0.717, 1.165) is 5.69 Å². The molecule has 0 radical (unpaired) electrons. The minimum absolute atomic E-state index is 0.518. The number of rotatable bonds is 4. The Hall–Kier alpha value is -1.36. The van der Waals surface area contributed by atoms with Crippen molar-refractivity contribution in [1.29, 1.82) is 0 Å². The standard InChI is InChI=1S/C14H21N3OS/c1-2-18-13-9-8-12(10-15-13)17-14(19)16-11-6-4-3-5-7-11/h8-11H,2-7H2,1H3,(H2,16,17,19). The largest absolute Gasteiger partial charge is 0.478 e. The van der Waals surface area contributed by atoms with Crippen LogP contribution in [-0.2, 0) is 0 Å². The molecule has 1 aromatic rings. The van der Waals surface area contributed by atoms with Crippen LogP contribution in [0.1, 0.15) is 39.0 Å². The molecule has 1 heterocycles. The van der Waals surface area contributed by atoms with Gasteiger partial charge in [0.1, 0.15) is 0 Å². The first-order valence-corrected chi connectivity index (χ1v) is 7.35. The Labute approximate surface area is 120 Å². The van der Waals surface area contributed by atoms with Gasteiger partial charge < -0.3 is 15.4 Å². The molecule has 0 spiro atoms. The second kappa shape index (κ2) is 7.28. The van der Waals surface area contributed by atoms with Gasteiger partial charge in [-0.2, -0.15) is 0 Å². The average molecular weight is 279 g/mol. The molecule has 0 saturated heterocycles. The van der Waals surface area contributed by atoms with Crippen molar-refractivity contribution in [1.82, 2.24) is 10.3 Å². The summed E-state index contributed by atoms with van der Waals surface area (Å²) in [5.74, 6) is 0.638. The molecule has 0 aromatic carbocycles. The molecule has 1 fully saturated rings. The van der Waals surface area contributed by atoms with Crippen molar-refractivity contribution in [2.24, 2.45) is 0 Å². The second-order valence-electron chi connectivity index (χ2n) is 4.75. The minimum atomic E-state index is 0.518. The van der Waals surface area contributed by atoms with Crippen LogP contribution >= 0.6 is 12.2 Å². The minimum Gasteiger partial charge on any atom is -0.478 e. The zero-order valence-corrected chi connectivity index (χ0v) is 12.1. The fourth-order valence-electron chi connectivity index (χ4n) is 2.29. The van der Waals surface area contributed by atoms with Gasteiger partial charge in [0.15, 0.2) is 5.11 Å². The van der Waals surface area contributed by atoms with Gasteiger partial charge in [-0.1, -0.05) is 19.3 Å². The number of aromatic nitrogens is 1. The zero-order valence-electron chi connectivity index (χ0n) is 11.3. The molecule has 5 heteroatoms. The maximum absolute atomic E-state index is 5.32. The molecule has 0 bridgehead atoms. The third-order valence-corrected chi connectivity index (χ3v) is 3.45. The Kier molecular flexibility index (Phi) is 5.39. The number of pyridine rings is 1. The summed E-state index contributed by atoms with van der Waals surface area (Å²) in [6.45, 7) is 2.57. The number of ether oxygens (including phenoxy) is 1. The molecule has 0 aliphatic heterocycles. The molecule has 2 N–H and O–H groups in total. The first-order chi connectivity index (χ1) is 9.28. The predicted octanol–water partition coefficient (Wildman–Crippen LogP) is 3.10. The average Bonchev–Trinajstić information content (AvgIpc) is 2.42. The van der Waals surface area contributed by atoms with Crippen LogP contribution < -0.4 is 15.4 Å². The highest BCUT2D eigenvalue weighted by atomic mass is 32.1. The number of nitrogens with zero attached hydrogens (tertiary/aromatic N) is 1. The Morgan fingerprint density at radius 1 is 1.37 bits per heavy atom. The van der Waals surface area contributed by atoms with Crippen molar-refractivity contribution in [2.45, 2.75) is 45.1 Å². The number of hydrogen-bond acceptors (Lipinski definition) is 3. The van der Waals surface area contributed by atoms with E-state index in [1.54, 1.807) is 6.20 Å². The number of nitrogens with one attached hydrogen (secondary N) is 2. The van der Waals surface area contributed by atoms with Crippen LogP contribution in [0.3, 0.4) is 0 Å². The Balaban J connectivity index is 1.80. The highest BCUT2D eigenvalue weighted by Gasteiger charge is 2.13. The lowest BCUT2D eigenvalue weighted by atomic mass is 9.96. The Morgan fingerprint density at radius 2 is 2.16 bits per heavy atom. The number of hydrogen-bond donors (Lipinski definition) is 2. The van der Waals surface area contributed by atoms with E-state index >= 15 is 0 Å². The second-order valence-corrected chi connectivity index (χ2v) is 5.16. The summed E-state index contributed by atoms with van der Waals surface area (Å²) in [4.78, 5) is 4.20. The maximum Gasteiger partial charge on any atom is 0.213 e. The van der Waals surface area contributed by atoms with Crippen molar-refractivity contribution in [2.75, 3.05) is 11.9 Å². The monoisotopic (exact) mass is 279 g/mol. The highest BCUT2D eigenvalue weighted by Crippen LogP contribution is 2.17. The molecule has 2 rings (SSSR count). The molecule has 1 aromatic heterocycles. The van der Waals surface area contributed by atoms with E-state index in [1.807, 2.05) is 19.1 Å². The third kappa shape index (κ3) is 4.67. The van der Waals surface area contributed by atoms with Crippen LogP contribution in [0.5, 0.6) is 5.88 Å². The van der Waals surface area contributed by atoms with Gasteiger partial charge in [0.05, 0.1) is 18.5 Å². The van der Waals surface area contributed by atoms with Gasteiger partial charge in [0, 0.05) is 12.1 Å². The van der Waals surface area contributed by atoms with E-state index in [1.165, 1.54) is 32.1 Å². The van der Waals surface area contributed by atoms with Crippen molar-refractivity contribution >= 4 is 23.0 Å². The first-order valence-electron chi connectivity index (χ1n) is 6.94. The summed E-state index contributed by atoms with van der Waals surface area (Å²) in [6.07, 6.45) is 8.10. The van der Waals surface area contributed by atoms with E-state index in [0.29, 0.717) is 23.6 Å². The Morgan fingerprint density at radius 3 is 2.79 bits per heavy atom. The lowest BCUT2D eigenvalue weighted by Crippen LogP contribution is -2.38. The number of anilines is 1.